The minimum absolute atomic E-state index is 0.00322. The number of carbonyl (C=O) groups is 1. The Labute approximate surface area is 148 Å². The third-order valence-corrected chi connectivity index (χ3v) is 4.64. The van der Waals surface area contributed by atoms with Crippen LogP contribution in [0.2, 0.25) is 0 Å². The van der Waals surface area contributed by atoms with Gasteiger partial charge < -0.3 is 15.2 Å². The number of ether oxygens (including phenoxy) is 1. The first-order valence-electron chi connectivity index (χ1n) is 8.78. The van der Waals surface area contributed by atoms with E-state index in [-0.39, 0.29) is 17.9 Å². The summed E-state index contributed by atoms with van der Waals surface area (Å²) in [6.45, 7) is 0.488. The van der Waals surface area contributed by atoms with Gasteiger partial charge in [-0.2, -0.15) is 0 Å². The molecule has 0 unspecified atom stereocenters. The lowest BCUT2D eigenvalue weighted by atomic mass is 10.1. The molecule has 1 saturated carbocycles. The molecule has 5 nitrogen and oxygen atoms in total. The van der Waals surface area contributed by atoms with Crippen molar-refractivity contribution < 1.29 is 14.6 Å². The monoisotopic (exact) mass is 340 g/mol. The molecule has 3 atom stereocenters. The number of nitrogens with one attached hydrogen (secondary N) is 1. The molecule has 1 aromatic heterocycles. The number of pyridine rings is 1. The maximum atomic E-state index is 12.0. The molecule has 1 amide bonds. The highest BCUT2D eigenvalue weighted by Crippen LogP contribution is 2.29. The topological polar surface area (TPSA) is 71.5 Å². The minimum Gasteiger partial charge on any atom is -0.488 e. The molecule has 0 saturated heterocycles. The number of aromatic nitrogens is 1. The van der Waals surface area contributed by atoms with E-state index in [4.69, 9.17) is 4.74 Å². The second kappa shape index (κ2) is 8.62. The van der Waals surface area contributed by atoms with E-state index in [9.17, 15) is 9.90 Å². The fourth-order valence-electron chi connectivity index (χ4n) is 3.19. The summed E-state index contributed by atoms with van der Waals surface area (Å²) in [7, 11) is 0. The summed E-state index contributed by atoms with van der Waals surface area (Å²) >= 11 is 0. The quantitative estimate of drug-likeness (QED) is 0.812. The van der Waals surface area contributed by atoms with E-state index in [0.29, 0.717) is 19.4 Å². The Morgan fingerprint density at radius 1 is 1.20 bits per heavy atom. The summed E-state index contributed by atoms with van der Waals surface area (Å²) in [6.07, 6.45) is 5.48. The number of hydrogen-bond acceptors (Lipinski definition) is 4. The van der Waals surface area contributed by atoms with Crippen LogP contribution >= 0.6 is 0 Å². The van der Waals surface area contributed by atoms with Gasteiger partial charge in [-0.1, -0.05) is 24.3 Å². The van der Waals surface area contributed by atoms with E-state index in [1.807, 2.05) is 42.5 Å². The predicted molar refractivity (Wildman–Crippen MR) is 95.2 cm³/mol. The number of nitrogens with zero attached hydrogens (tertiary/aromatic N) is 1. The Morgan fingerprint density at radius 2 is 2.04 bits per heavy atom. The molecule has 25 heavy (non-hydrogen) atoms. The van der Waals surface area contributed by atoms with Gasteiger partial charge in [-0.15, -0.1) is 0 Å². The Balaban J connectivity index is 1.40. The van der Waals surface area contributed by atoms with Crippen LogP contribution in [0.4, 0.5) is 0 Å². The smallest absolute Gasteiger partial charge is 0.220 e. The molecule has 0 bridgehead atoms. The van der Waals surface area contributed by atoms with Gasteiger partial charge in [0.15, 0.2) is 0 Å². The number of aryl methyl sites for hydroxylation is 1. The third-order valence-electron chi connectivity index (χ3n) is 4.64. The van der Waals surface area contributed by atoms with Gasteiger partial charge in [-0.05, 0) is 43.0 Å². The van der Waals surface area contributed by atoms with Crippen molar-refractivity contribution in [2.24, 2.45) is 5.92 Å². The van der Waals surface area contributed by atoms with Gasteiger partial charge in [0.2, 0.25) is 5.91 Å². The van der Waals surface area contributed by atoms with Crippen molar-refractivity contribution in [3.8, 4) is 5.75 Å². The van der Waals surface area contributed by atoms with Crippen molar-refractivity contribution in [1.29, 1.82) is 0 Å². The fourth-order valence-corrected chi connectivity index (χ4v) is 3.19. The van der Waals surface area contributed by atoms with Crippen LogP contribution in [0, 0.1) is 5.92 Å². The zero-order valence-electron chi connectivity index (χ0n) is 14.2. The summed E-state index contributed by atoms with van der Waals surface area (Å²) in [4.78, 5) is 16.1. The molecule has 3 rings (SSSR count). The molecule has 2 N–H and O–H groups in total. The van der Waals surface area contributed by atoms with E-state index in [0.717, 1.165) is 24.2 Å². The highest BCUT2D eigenvalue weighted by molar-refractivity contribution is 5.76. The van der Waals surface area contributed by atoms with Gasteiger partial charge in [0, 0.05) is 31.3 Å². The van der Waals surface area contributed by atoms with Crippen LogP contribution in [-0.4, -0.2) is 34.8 Å². The maximum absolute atomic E-state index is 12.0. The molecular weight excluding hydrogens is 316 g/mol. The number of carbonyl (C=O) groups excluding carboxylic acids is 1. The zero-order chi connectivity index (χ0) is 17.5. The second-order valence-corrected chi connectivity index (χ2v) is 6.46. The number of aliphatic hydroxyl groups is 1. The molecule has 1 aliphatic carbocycles. The number of benzene rings is 1. The number of rotatable bonds is 7. The standard InChI is InChI=1S/C20H24N2O3/c23-19(11-8-15-5-4-12-21-13-15)22-14-16-9-10-18(20(16)24)25-17-6-2-1-3-7-17/h1-7,12-13,16,18,20,24H,8-11,14H2,(H,22,23)/t16-,18-,20-/m1/s1. The molecule has 2 aromatic rings. The van der Waals surface area contributed by atoms with Crippen molar-refractivity contribution in [2.45, 2.75) is 37.9 Å². The lowest BCUT2D eigenvalue weighted by Crippen LogP contribution is -2.37. The second-order valence-electron chi connectivity index (χ2n) is 6.46. The van der Waals surface area contributed by atoms with Crippen molar-refractivity contribution in [3.63, 3.8) is 0 Å². The number of para-hydroxylation sites is 1. The van der Waals surface area contributed by atoms with Crippen LogP contribution < -0.4 is 10.1 Å². The third kappa shape index (κ3) is 5.03. The number of amides is 1. The van der Waals surface area contributed by atoms with E-state index < -0.39 is 6.10 Å². The molecule has 0 aliphatic heterocycles. The lowest BCUT2D eigenvalue weighted by molar-refractivity contribution is -0.121. The lowest BCUT2D eigenvalue weighted by Gasteiger charge is -2.21. The normalized spacial score (nSPS) is 22.5. The van der Waals surface area contributed by atoms with Crippen molar-refractivity contribution in [2.75, 3.05) is 6.54 Å². The van der Waals surface area contributed by atoms with E-state index in [1.165, 1.54) is 0 Å². The van der Waals surface area contributed by atoms with Gasteiger partial charge in [-0.3, -0.25) is 9.78 Å². The Kier molecular flexibility index (Phi) is 6.01. The average molecular weight is 340 g/mol. The number of aliphatic hydroxyl groups excluding tert-OH is 1. The van der Waals surface area contributed by atoms with E-state index >= 15 is 0 Å². The molecule has 0 spiro atoms. The Hall–Kier alpha value is -2.40. The Morgan fingerprint density at radius 3 is 2.80 bits per heavy atom. The van der Waals surface area contributed by atoms with Crippen LogP contribution in [0.5, 0.6) is 5.75 Å². The molecule has 132 valence electrons. The van der Waals surface area contributed by atoms with Gasteiger partial charge in [0.1, 0.15) is 11.9 Å². The molecule has 0 radical (unpaired) electrons. The summed E-state index contributed by atoms with van der Waals surface area (Å²) in [5, 5.41) is 13.4. The van der Waals surface area contributed by atoms with Crippen LogP contribution in [0.3, 0.4) is 0 Å². The highest BCUT2D eigenvalue weighted by Gasteiger charge is 2.36. The first kappa shape index (κ1) is 17.4. The Bertz CT molecular complexity index is 663. The first-order chi connectivity index (χ1) is 12.2. The molecule has 1 heterocycles. The van der Waals surface area contributed by atoms with Crippen LogP contribution in [-0.2, 0) is 11.2 Å². The summed E-state index contributed by atoms with van der Waals surface area (Å²) in [5.41, 5.74) is 1.05. The zero-order valence-corrected chi connectivity index (χ0v) is 14.2. The van der Waals surface area contributed by atoms with E-state index in [2.05, 4.69) is 10.3 Å². The fraction of sp³-hybridized carbons (Fsp3) is 0.400. The van der Waals surface area contributed by atoms with Gasteiger partial charge >= 0.3 is 0 Å². The van der Waals surface area contributed by atoms with Crippen molar-refractivity contribution in [3.05, 3.63) is 60.4 Å². The summed E-state index contributed by atoms with van der Waals surface area (Å²) in [6, 6.07) is 13.4. The largest absolute Gasteiger partial charge is 0.488 e. The molecular formula is C20H24N2O3. The molecule has 1 fully saturated rings. The molecule has 1 aromatic carbocycles. The number of hydrogen-bond donors (Lipinski definition) is 2. The summed E-state index contributed by atoms with van der Waals surface area (Å²) in [5.74, 6) is 0.812. The summed E-state index contributed by atoms with van der Waals surface area (Å²) < 4.78 is 5.86. The van der Waals surface area contributed by atoms with Crippen molar-refractivity contribution >= 4 is 5.91 Å². The van der Waals surface area contributed by atoms with E-state index in [1.54, 1.807) is 12.4 Å². The van der Waals surface area contributed by atoms with Crippen molar-refractivity contribution in [1.82, 2.24) is 10.3 Å². The SMILES string of the molecule is O=C(CCc1cccnc1)NC[C@H]1CC[C@@H](Oc2ccccc2)[C@@H]1O. The minimum atomic E-state index is -0.557. The van der Waals surface area contributed by atoms with Gasteiger partial charge in [0.05, 0.1) is 6.10 Å². The highest BCUT2D eigenvalue weighted by atomic mass is 16.5. The van der Waals surface area contributed by atoms with Gasteiger partial charge in [0.25, 0.3) is 0 Å². The van der Waals surface area contributed by atoms with Crippen LogP contribution in [0.1, 0.15) is 24.8 Å². The van der Waals surface area contributed by atoms with Gasteiger partial charge in [-0.25, -0.2) is 0 Å². The van der Waals surface area contributed by atoms with Crippen LogP contribution in [0.25, 0.3) is 0 Å². The van der Waals surface area contributed by atoms with Crippen LogP contribution in [0.15, 0.2) is 54.9 Å². The predicted octanol–water partition coefficient (Wildman–Crippen LogP) is 2.35. The molecule has 5 heteroatoms. The first-order valence-corrected chi connectivity index (χ1v) is 8.78. The maximum Gasteiger partial charge on any atom is 0.220 e. The molecule has 1 aliphatic rings. The average Bonchev–Trinajstić information content (AvgIpc) is 3.00.